The fraction of sp³-hybridized carbons (Fsp3) is 0.115. The molecule has 2 N–H and O–H groups in total. The molecule has 0 atom stereocenters. The first-order chi connectivity index (χ1) is 28.1. The number of carbonyl (C=O) groups excluding carboxylic acids is 2. The number of aromatic nitrogens is 4. The molecule has 0 amide bonds. The Kier molecular flexibility index (Phi) is 9.05. The molecular formula is C52H42N4O2. The van der Waals surface area contributed by atoms with Crippen molar-refractivity contribution in [2.24, 2.45) is 0 Å². The van der Waals surface area contributed by atoms with Crippen LogP contribution in [0.5, 0.6) is 0 Å². The smallest absolute Gasteiger partial charge is 0.150 e. The fourth-order valence-electron chi connectivity index (χ4n) is 8.94. The number of hydrogen-bond donors (Lipinski definition) is 2. The quantitative estimate of drug-likeness (QED) is 0.165. The van der Waals surface area contributed by atoms with Gasteiger partial charge >= 0.3 is 0 Å². The van der Waals surface area contributed by atoms with Crippen molar-refractivity contribution >= 4 is 58.9 Å². The van der Waals surface area contributed by atoms with Crippen LogP contribution in [0.25, 0.3) is 90.9 Å². The van der Waals surface area contributed by atoms with E-state index in [1.165, 1.54) is 11.1 Å². The molecule has 3 aromatic heterocycles. The van der Waals surface area contributed by atoms with Crippen LogP contribution in [0.1, 0.15) is 76.9 Å². The van der Waals surface area contributed by atoms with E-state index in [9.17, 15) is 9.59 Å². The predicted molar refractivity (Wildman–Crippen MR) is 240 cm³/mol. The Bertz CT molecular complexity index is 2830. The van der Waals surface area contributed by atoms with Crippen LogP contribution in [-0.2, 0) is 0 Å². The first-order valence-electron chi connectivity index (χ1n) is 19.5. The summed E-state index contributed by atoms with van der Waals surface area (Å²) < 4.78 is 0. The van der Waals surface area contributed by atoms with Crippen molar-refractivity contribution in [1.29, 1.82) is 0 Å². The lowest BCUT2D eigenvalue weighted by molar-refractivity contribution is 0.111. The lowest BCUT2D eigenvalue weighted by Crippen LogP contribution is -1.95. The molecule has 8 bridgehead atoms. The van der Waals surface area contributed by atoms with Gasteiger partial charge in [-0.05, 0) is 135 Å². The predicted octanol–water partition coefficient (Wildman–Crippen LogP) is 12.8. The lowest BCUT2D eigenvalue weighted by Gasteiger charge is -2.13. The highest BCUT2D eigenvalue weighted by molar-refractivity contribution is 6.01. The Morgan fingerprint density at radius 2 is 0.672 bits per heavy atom. The molecule has 0 spiro atoms. The molecule has 2 aliphatic heterocycles. The molecule has 6 nitrogen and oxygen atoms in total. The van der Waals surface area contributed by atoms with Crippen LogP contribution >= 0.6 is 0 Å². The summed E-state index contributed by atoms with van der Waals surface area (Å²) in [6.07, 6.45) is 10.1. The monoisotopic (exact) mass is 754 g/mol. The first-order valence-corrected chi connectivity index (χ1v) is 19.5. The van der Waals surface area contributed by atoms with Gasteiger partial charge in [-0.3, -0.25) is 9.59 Å². The average Bonchev–Trinajstić information content (AvgIpc) is 4.05. The molecule has 0 saturated heterocycles. The van der Waals surface area contributed by atoms with E-state index in [1.807, 2.05) is 48.5 Å². The van der Waals surface area contributed by atoms with Crippen LogP contribution in [0, 0.1) is 41.5 Å². The topological polar surface area (TPSA) is 91.5 Å². The average molecular weight is 755 g/mol. The molecule has 5 heterocycles. The molecule has 0 unspecified atom stereocenters. The Morgan fingerprint density at radius 1 is 0.379 bits per heavy atom. The third-order valence-corrected chi connectivity index (χ3v) is 11.3. The summed E-state index contributed by atoms with van der Waals surface area (Å²) in [6.45, 7) is 12.9. The van der Waals surface area contributed by atoms with Gasteiger partial charge in [-0.25, -0.2) is 9.97 Å². The van der Waals surface area contributed by atoms with Gasteiger partial charge in [-0.15, -0.1) is 0 Å². The third-order valence-electron chi connectivity index (χ3n) is 11.3. The number of hydrogen-bond acceptors (Lipinski definition) is 4. The second kappa shape index (κ2) is 14.4. The molecule has 58 heavy (non-hydrogen) atoms. The number of carbonyl (C=O) groups is 2. The van der Waals surface area contributed by atoms with Crippen LogP contribution in [0.4, 0.5) is 0 Å². The SMILES string of the molecule is Cc1cc(C)c(-c2c3nc(c(-c4ccc(C=O)cc4)c4ccc([nH]4)c(-c4c(C)cc(C)cc4C)c4nc(c(-c5ccc(C=O)cc5)c5ccc2[nH]5)C=C4)C=C3)c(C)c1. The Labute approximate surface area is 337 Å². The largest absolute Gasteiger partial charge is 0.354 e. The highest BCUT2D eigenvalue weighted by Gasteiger charge is 2.21. The third kappa shape index (κ3) is 6.33. The number of H-pyrrole nitrogens is 2. The van der Waals surface area contributed by atoms with E-state index in [2.05, 4.69) is 124 Å². The molecule has 7 aromatic rings. The summed E-state index contributed by atoms with van der Waals surface area (Å²) in [4.78, 5) is 42.0. The van der Waals surface area contributed by atoms with Crippen molar-refractivity contribution in [2.45, 2.75) is 41.5 Å². The summed E-state index contributed by atoms with van der Waals surface area (Å²) >= 11 is 0. The van der Waals surface area contributed by atoms with E-state index < -0.39 is 0 Å². The zero-order valence-corrected chi connectivity index (χ0v) is 33.4. The maximum atomic E-state index is 11.7. The van der Waals surface area contributed by atoms with E-state index in [0.717, 1.165) is 124 Å². The van der Waals surface area contributed by atoms with Crippen molar-refractivity contribution in [3.63, 3.8) is 0 Å². The molecular weight excluding hydrogens is 713 g/mol. The number of nitrogens with zero attached hydrogens (tertiary/aromatic N) is 2. The Morgan fingerprint density at radius 3 is 0.983 bits per heavy atom. The molecule has 9 rings (SSSR count). The van der Waals surface area contributed by atoms with E-state index in [1.54, 1.807) is 0 Å². The maximum Gasteiger partial charge on any atom is 0.150 e. The summed E-state index contributed by atoms with van der Waals surface area (Å²) in [6, 6.07) is 32.8. The van der Waals surface area contributed by atoms with Gasteiger partial charge in [0.1, 0.15) is 12.6 Å². The van der Waals surface area contributed by atoms with Gasteiger partial charge in [-0.2, -0.15) is 0 Å². The minimum Gasteiger partial charge on any atom is -0.354 e. The van der Waals surface area contributed by atoms with Crippen LogP contribution in [0.15, 0.2) is 97.1 Å². The molecule has 0 saturated carbocycles. The van der Waals surface area contributed by atoms with Crippen molar-refractivity contribution in [2.75, 3.05) is 0 Å². The number of aryl methyl sites for hydroxylation is 6. The van der Waals surface area contributed by atoms with Crippen molar-refractivity contribution in [1.82, 2.24) is 19.9 Å². The molecule has 2 aliphatic rings. The second-order valence-corrected chi connectivity index (χ2v) is 15.5. The number of benzene rings is 4. The van der Waals surface area contributed by atoms with Crippen LogP contribution < -0.4 is 0 Å². The van der Waals surface area contributed by atoms with Crippen LogP contribution in [0.3, 0.4) is 0 Å². The number of nitrogens with one attached hydrogen (secondary N) is 2. The Hall–Kier alpha value is -7.18. The Balaban J connectivity index is 1.50. The van der Waals surface area contributed by atoms with Crippen LogP contribution in [0.2, 0.25) is 0 Å². The van der Waals surface area contributed by atoms with E-state index in [0.29, 0.717) is 11.1 Å². The highest BCUT2D eigenvalue weighted by atomic mass is 16.1. The number of rotatable bonds is 6. The second-order valence-electron chi connectivity index (χ2n) is 15.5. The van der Waals surface area contributed by atoms with Crippen molar-refractivity contribution in [3.05, 3.63) is 164 Å². The van der Waals surface area contributed by atoms with Crippen molar-refractivity contribution < 1.29 is 9.59 Å². The first kappa shape index (κ1) is 36.5. The molecule has 4 aromatic carbocycles. The van der Waals surface area contributed by atoms with Gasteiger partial charge in [0.25, 0.3) is 0 Å². The molecule has 0 aliphatic carbocycles. The minimum atomic E-state index is 0.610. The van der Waals surface area contributed by atoms with E-state index in [4.69, 9.17) is 9.97 Å². The maximum absolute atomic E-state index is 11.7. The number of aldehydes is 2. The van der Waals surface area contributed by atoms with Gasteiger partial charge in [0.05, 0.1) is 22.8 Å². The normalized spacial score (nSPS) is 12.0. The van der Waals surface area contributed by atoms with E-state index >= 15 is 0 Å². The molecule has 0 radical (unpaired) electrons. The fourth-order valence-corrected chi connectivity index (χ4v) is 8.94. The zero-order chi connectivity index (χ0) is 40.2. The van der Waals surface area contributed by atoms with Crippen molar-refractivity contribution in [3.8, 4) is 44.5 Å². The molecule has 6 heteroatoms. The lowest BCUT2D eigenvalue weighted by atomic mass is 9.92. The van der Waals surface area contributed by atoms with E-state index in [-0.39, 0.29) is 0 Å². The van der Waals surface area contributed by atoms with Gasteiger partial charge < -0.3 is 9.97 Å². The number of fused-ring (bicyclic) bond motifs is 8. The van der Waals surface area contributed by atoms with Gasteiger partial charge in [0.2, 0.25) is 0 Å². The summed E-state index contributed by atoms with van der Waals surface area (Å²) in [7, 11) is 0. The summed E-state index contributed by atoms with van der Waals surface area (Å²) in [5.74, 6) is 0. The van der Waals surface area contributed by atoms with Gasteiger partial charge in [0.15, 0.2) is 0 Å². The zero-order valence-electron chi connectivity index (χ0n) is 33.4. The molecule has 282 valence electrons. The standard InChI is InChI=1S/C52H42N4O2/c1-29-23-31(3)47(32(4)24-29)51-43-19-15-39(53-43)49(37-11-7-35(27-57)8-12-37)41-17-21-45(55-41)52(48-33(5)25-30(2)26-34(48)6)46-22-18-42(56-46)50(40-16-20-44(51)54-40)38-13-9-36(28-58)10-14-38/h7-28,53,56H,1-6H3. The van der Waals surface area contributed by atoms with Crippen LogP contribution in [-0.4, -0.2) is 32.5 Å². The summed E-state index contributed by atoms with van der Waals surface area (Å²) in [5.41, 5.74) is 23.1. The summed E-state index contributed by atoms with van der Waals surface area (Å²) in [5, 5.41) is 0. The van der Waals surface area contributed by atoms with Gasteiger partial charge in [-0.1, -0.05) is 83.9 Å². The van der Waals surface area contributed by atoms with Gasteiger partial charge in [0, 0.05) is 55.4 Å². The molecule has 0 fully saturated rings. The number of aromatic amines is 2. The minimum absolute atomic E-state index is 0.610. The highest BCUT2D eigenvalue weighted by Crippen LogP contribution is 2.41.